The van der Waals surface area contributed by atoms with Crippen LogP contribution >= 0.6 is 0 Å². The van der Waals surface area contributed by atoms with Gasteiger partial charge in [0.05, 0.1) is 11.1 Å². The van der Waals surface area contributed by atoms with Crippen molar-refractivity contribution in [3.8, 4) is 0 Å². The number of aryl methyl sites for hydroxylation is 2. The minimum atomic E-state index is -0.161. The van der Waals surface area contributed by atoms with Crippen LogP contribution in [0.5, 0.6) is 0 Å². The fourth-order valence-corrected chi connectivity index (χ4v) is 4.26. The summed E-state index contributed by atoms with van der Waals surface area (Å²) in [5.74, 6) is 0.291. The van der Waals surface area contributed by atoms with Crippen molar-refractivity contribution in [3.05, 3.63) is 81.9 Å². The van der Waals surface area contributed by atoms with E-state index in [0.717, 1.165) is 19.3 Å². The van der Waals surface area contributed by atoms with E-state index in [-0.39, 0.29) is 11.8 Å². The maximum absolute atomic E-state index is 12.4. The first-order valence-corrected chi connectivity index (χ1v) is 9.25. The van der Waals surface area contributed by atoms with Gasteiger partial charge in [0.15, 0.2) is 0 Å². The molecule has 0 bridgehead atoms. The monoisotopic (exact) mass is 345 g/mol. The van der Waals surface area contributed by atoms with Crippen LogP contribution in [0.25, 0.3) is 0 Å². The first-order chi connectivity index (χ1) is 12.6. The number of fused-ring (bicyclic) bond motifs is 1. The van der Waals surface area contributed by atoms with E-state index in [1.807, 2.05) is 0 Å². The Balaban J connectivity index is 1.35. The maximum Gasteiger partial charge on any atom is 0.261 e. The molecule has 132 valence electrons. The number of hydrogen-bond acceptors (Lipinski definition) is 2. The lowest BCUT2D eigenvalue weighted by Crippen LogP contribution is -2.30. The number of allylic oxidation sites excluding steroid dienone is 1. The summed E-state index contributed by atoms with van der Waals surface area (Å²) >= 11 is 0. The summed E-state index contributed by atoms with van der Waals surface area (Å²) < 4.78 is 0. The zero-order valence-corrected chi connectivity index (χ0v) is 15.3. The van der Waals surface area contributed by atoms with Gasteiger partial charge in [0.2, 0.25) is 0 Å². The average Bonchev–Trinajstić information content (AvgIpc) is 2.83. The molecule has 1 heterocycles. The number of carbonyl (C=O) groups is 2. The number of benzene rings is 2. The molecule has 0 spiro atoms. The molecule has 2 amide bonds. The third-order valence-corrected chi connectivity index (χ3v) is 5.63. The number of rotatable bonds is 4. The summed E-state index contributed by atoms with van der Waals surface area (Å²) in [6.07, 6.45) is 5.13. The van der Waals surface area contributed by atoms with Gasteiger partial charge >= 0.3 is 0 Å². The lowest BCUT2D eigenvalue weighted by atomic mass is 9.73. The van der Waals surface area contributed by atoms with Crippen molar-refractivity contribution in [3.63, 3.8) is 0 Å². The summed E-state index contributed by atoms with van der Waals surface area (Å²) in [6, 6.07) is 13.6. The van der Waals surface area contributed by atoms with Crippen LogP contribution in [0.2, 0.25) is 0 Å². The van der Waals surface area contributed by atoms with Crippen LogP contribution in [0.4, 0.5) is 0 Å². The van der Waals surface area contributed by atoms with Crippen molar-refractivity contribution in [2.24, 2.45) is 0 Å². The zero-order valence-electron chi connectivity index (χ0n) is 15.3. The van der Waals surface area contributed by atoms with Crippen molar-refractivity contribution in [1.29, 1.82) is 0 Å². The quantitative estimate of drug-likeness (QED) is 0.590. The molecule has 0 N–H and O–H groups in total. The third-order valence-electron chi connectivity index (χ3n) is 5.63. The number of hydrogen-bond donors (Lipinski definition) is 0. The normalized spacial score (nSPS) is 18.8. The second-order valence-electron chi connectivity index (χ2n) is 7.37. The molecule has 0 saturated heterocycles. The molecular formula is C23H23NO2. The van der Waals surface area contributed by atoms with Crippen molar-refractivity contribution in [1.82, 2.24) is 4.90 Å². The molecule has 3 heteroatoms. The van der Waals surface area contributed by atoms with Crippen molar-refractivity contribution in [2.45, 2.75) is 39.0 Å². The molecule has 1 fully saturated rings. The van der Waals surface area contributed by atoms with Gasteiger partial charge in [-0.25, -0.2) is 0 Å². The first-order valence-electron chi connectivity index (χ1n) is 9.25. The number of nitrogens with zero attached hydrogens (tertiary/aromatic N) is 1. The highest BCUT2D eigenvalue weighted by Gasteiger charge is 2.34. The molecule has 2 aromatic carbocycles. The minimum absolute atomic E-state index is 0.161. The van der Waals surface area contributed by atoms with Gasteiger partial charge in [-0.3, -0.25) is 14.5 Å². The molecule has 1 aliphatic heterocycles. The Morgan fingerprint density at radius 3 is 2.08 bits per heavy atom. The van der Waals surface area contributed by atoms with Crippen molar-refractivity contribution in [2.75, 3.05) is 6.54 Å². The number of amides is 2. The Labute approximate surface area is 154 Å². The van der Waals surface area contributed by atoms with E-state index in [4.69, 9.17) is 0 Å². The highest BCUT2D eigenvalue weighted by atomic mass is 16.2. The Bertz CT molecular complexity index is 862. The van der Waals surface area contributed by atoms with Crippen LogP contribution in [0.3, 0.4) is 0 Å². The molecule has 0 atom stereocenters. The molecule has 0 radical (unpaired) electrons. The SMILES string of the molecule is Cc1cccc(C)c1C1CC(=CCCN2C(=O)c3ccccc3C2=O)C1. The van der Waals surface area contributed by atoms with Crippen molar-refractivity contribution >= 4 is 11.8 Å². The van der Waals surface area contributed by atoms with Gasteiger partial charge in [-0.15, -0.1) is 0 Å². The highest BCUT2D eigenvalue weighted by molar-refractivity contribution is 6.21. The smallest absolute Gasteiger partial charge is 0.261 e. The zero-order chi connectivity index (χ0) is 18.3. The van der Waals surface area contributed by atoms with Crippen LogP contribution in [0, 0.1) is 13.8 Å². The first kappa shape index (κ1) is 16.8. The molecule has 2 aromatic rings. The van der Waals surface area contributed by atoms with E-state index in [2.05, 4.69) is 38.1 Å². The van der Waals surface area contributed by atoms with Gasteiger partial charge in [0.1, 0.15) is 0 Å². The van der Waals surface area contributed by atoms with Gasteiger partial charge in [-0.1, -0.05) is 42.0 Å². The molecule has 0 aromatic heterocycles. The van der Waals surface area contributed by atoms with Gasteiger partial charge in [-0.2, -0.15) is 0 Å². The Hall–Kier alpha value is -2.68. The van der Waals surface area contributed by atoms with Gasteiger partial charge in [0, 0.05) is 6.54 Å². The van der Waals surface area contributed by atoms with E-state index in [9.17, 15) is 9.59 Å². The molecule has 1 aliphatic carbocycles. The lowest BCUT2D eigenvalue weighted by molar-refractivity contribution is 0.0657. The fraction of sp³-hybridized carbons (Fsp3) is 0.304. The summed E-state index contributed by atoms with van der Waals surface area (Å²) in [7, 11) is 0. The maximum atomic E-state index is 12.4. The summed E-state index contributed by atoms with van der Waals surface area (Å²) in [5, 5.41) is 0. The molecule has 26 heavy (non-hydrogen) atoms. The standard InChI is InChI=1S/C23H23NO2/c1-15-7-5-8-16(2)21(15)18-13-17(14-18)9-6-12-24-22(25)19-10-3-4-11-20(19)23(24)26/h3-5,7-11,18H,6,12-14H2,1-2H3. The lowest BCUT2D eigenvalue weighted by Gasteiger charge is -2.32. The Morgan fingerprint density at radius 2 is 1.50 bits per heavy atom. The molecular weight excluding hydrogens is 322 g/mol. The predicted molar refractivity (Wildman–Crippen MR) is 102 cm³/mol. The van der Waals surface area contributed by atoms with E-state index in [1.54, 1.807) is 24.3 Å². The molecule has 0 unspecified atom stereocenters. The Morgan fingerprint density at radius 1 is 0.923 bits per heavy atom. The predicted octanol–water partition coefficient (Wildman–Crippen LogP) is 4.79. The number of carbonyl (C=O) groups excluding carboxylic acids is 2. The largest absolute Gasteiger partial charge is 0.274 e. The molecule has 4 rings (SSSR count). The summed E-state index contributed by atoms with van der Waals surface area (Å²) in [5.41, 5.74) is 6.74. The van der Waals surface area contributed by atoms with Crippen LogP contribution < -0.4 is 0 Å². The van der Waals surface area contributed by atoms with E-state index < -0.39 is 0 Å². The highest BCUT2D eigenvalue weighted by Crippen LogP contribution is 2.43. The fourth-order valence-electron chi connectivity index (χ4n) is 4.26. The Kier molecular flexibility index (Phi) is 4.23. The van der Waals surface area contributed by atoms with Crippen LogP contribution in [-0.4, -0.2) is 23.3 Å². The van der Waals surface area contributed by atoms with E-state index >= 15 is 0 Å². The second-order valence-corrected chi connectivity index (χ2v) is 7.37. The van der Waals surface area contributed by atoms with Crippen LogP contribution in [0.15, 0.2) is 54.1 Å². The topological polar surface area (TPSA) is 37.4 Å². The molecule has 2 aliphatic rings. The van der Waals surface area contributed by atoms with Crippen molar-refractivity contribution < 1.29 is 9.59 Å². The van der Waals surface area contributed by atoms with Crippen LogP contribution in [0.1, 0.15) is 62.6 Å². The van der Waals surface area contributed by atoms with E-state index in [1.165, 1.54) is 27.2 Å². The summed E-state index contributed by atoms with van der Waals surface area (Å²) in [4.78, 5) is 26.1. The third kappa shape index (κ3) is 2.78. The van der Waals surface area contributed by atoms with Gasteiger partial charge in [-0.05, 0) is 67.9 Å². The molecule has 3 nitrogen and oxygen atoms in total. The second kappa shape index (κ2) is 6.56. The van der Waals surface area contributed by atoms with Crippen LogP contribution in [-0.2, 0) is 0 Å². The number of imide groups is 1. The summed E-state index contributed by atoms with van der Waals surface area (Å²) in [6.45, 7) is 4.84. The van der Waals surface area contributed by atoms with Gasteiger partial charge in [0.25, 0.3) is 11.8 Å². The van der Waals surface area contributed by atoms with Gasteiger partial charge < -0.3 is 0 Å². The van der Waals surface area contributed by atoms with E-state index in [0.29, 0.717) is 23.6 Å². The minimum Gasteiger partial charge on any atom is -0.274 e. The average molecular weight is 345 g/mol. The molecule has 1 saturated carbocycles.